The second kappa shape index (κ2) is 9.26. The number of benzene rings is 4. The van der Waals surface area contributed by atoms with Crippen molar-refractivity contribution < 1.29 is 35.1 Å². The fourth-order valence-electron chi connectivity index (χ4n) is 3.49. The molecule has 0 atom stereocenters. The maximum absolute atomic E-state index is 14.8. The third kappa shape index (κ3) is 5.19. The normalized spacial score (nSPS) is 11.7. The van der Waals surface area contributed by atoms with Crippen LogP contribution in [0, 0.1) is 40.9 Å². The second-order valence-corrected chi connectivity index (χ2v) is 7.45. The first-order valence-electron chi connectivity index (χ1n) is 9.97. The van der Waals surface area contributed by atoms with Crippen LogP contribution in [0.3, 0.4) is 0 Å². The lowest BCUT2D eigenvalue weighted by Crippen LogP contribution is -2.02. The Bertz CT molecular complexity index is 1510. The number of alkyl halides is 3. The lowest BCUT2D eigenvalue weighted by molar-refractivity contribution is -0.0696. The molecule has 0 saturated heterocycles. The standard InChI is InChI=1S/C27H12F8/c28-21-4-2-1-3-16(21)6-5-15-11-23(30)25(24(31)12-15)17-7-8-19-18(13-17)14-22(29)20(26(19)32)9-10-27(33,34)35/h1-8,11-14H/b6-5+. The van der Waals surface area contributed by atoms with Crippen molar-refractivity contribution in [3.05, 3.63) is 106 Å². The predicted octanol–water partition coefficient (Wildman–Crippen LogP) is 8.29. The molecule has 0 bridgehead atoms. The molecule has 8 heteroatoms. The van der Waals surface area contributed by atoms with Gasteiger partial charge in [0.15, 0.2) is 0 Å². The minimum atomic E-state index is -4.94. The summed E-state index contributed by atoms with van der Waals surface area (Å²) in [7, 11) is 0. The van der Waals surface area contributed by atoms with Gasteiger partial charge in [-0.05, 0) is 46.8 Å². The summed E-state index contributed by atoms with van der Waals surface area (Å²) in [4.78, 5) is 0. The molecule has 35 heavy (non-hydrogen) atoms. The molecular formula is C27H12F8. The summed E-state index contributed by atoms with van der Waals surface area (Å²) < 4.78 is 109. The Hall–Kier alpha value is -4.12. The van der Waals surface area contributed by atoms with Gasteiger partial charge >= 0.3 is 6.18 Å². The minimum absolute atomic E-state index is 0.0509. The number of fused-ring (bicyclic) bond motifs is 1. The van der Waals surface area contributed by atoms with Crippen LogP contribution in [0.15, 0.2) is 60.7 Å². The number of halogens is 8. The second-order valence-electron chi connectivity index (χ2n) is 7.45. The molecule has 4 aromatic carbocycles. The molecule has 4 rings (SSSR count). The van der Waals surface area contributed by atoms with E-state index in [1.54, 1.807) is 6.07 Å². The molecule has 0 aliphatic heterocycles. The van der Waals surface area contributed by atoms with E-state index in [0.29, 0.717) is 0 Å². The smallest absolute Gasteiger partial charge is 0.206 e. The van der Waals surface area contributed by atoms with Crippen molar-refractivity contribution >= 4 is 22.9 Å². The Labute approximate surface area is 194 Å². The molecule has 176 valence electrons. The van der Waals surface area contributed by atoms with Crippen LogP contribution < -0.4 is 0 Å². The van der Waals surface area contributed by atoms with Crippen LogP contribution in [0.2, 0.25) is 0 Å². The fraction of sp³-hybridized carbons (Fsp3) is 0.0370. The van der Waals surface area contributed by atoms with E-state index in [1.165, 1.54) is 36.3 Å². The molecule has 0 fully saturated rings. The van der Waals surface area contributed by atoms with Gasteiger partial charge in [0.25, 0.3) is 0 Å². The SMILES string of the molecule is Fc1ccccc1/C=C/c1cc(F)c(-c2ccc3c(F)c(C#CC(F)(F)F)c(F)cc3c2)c(F)c1. The lowest BCUT2D eigenvalue weighted by Gasteiger charge is -2.10. The van der Waals surface area contributed by atoms with Gasteiger partial charge in [0.2, 0.25) is 0 Å². The van der Waals surface area contributed by atoms with E-state index in [2.05, 4.69) is 0 Å². The van der Waals surface area contributed by atoms with Gasteiger partial charge < -0.3 is 0 Å². The fourth-order valence-corrected chi connectivity index (χ4v) is 3.49. The predicted molar refractivity (Wildman–Crippen MR) is 117 cm³/mol. The summed E-state index contributed by atoms with van der Waals surface area (Å²) in [5.74, 6) is -2.89. The Morgan fingerprint density at radius 2 is 1.37 bits per heavy atom. The summed E-state index contributed by atoms with van der Waals surface area (Å²) in [6.45, 7) is 0. The van der Waals surface area contributed by atoms with Crippen molar-refractivity contribution in [3.63, 3.8) is 0 Å². The molecule has 0 spiro atoms. The topological polar surface area (TPSA) is 0 Å². The zero-order valence-electron chi connectivity index (χ0n) is 17.5. The molecule has 0 unspecified atom stereocenters. The summed E-state index contributed by atoms with van der Waals surface area (Å²) in [5.41, 5.74) is -1.26. The van der Waals surface area contributed by atoms with Crippen LogP contribution in [0.1, 0.15) is 16.7 Å². The highest BCUT2D eigenvalue weighted by molar-refractivity contribution is 5.89. The van der Waals surface area contributed by atoms with Crippen LogP contribution in [-0.2, 0) is 0 Å². The molecule has 0 N–H and O–H groups in total. The van der Waals surface area contributed by atoms with Crippen molar-refractivity contribution in [1.82, 2.24) is 0 Å². The monoisotopic (exact) mass is 488 g/mol. The van der Waals surface area contributed by atoms with E-state index in [4.69, 9.17) is 0 Å². The first-order valence-corrected chi connectivity index (χ1v) is 9.97. The van der Waals surface area contributed by atoms with E-state index in [0.717, 1.165) is 42.3 Å². The number of hydrogen-bond acceptors (Lipinski definition) is 0. The summed E-state index contributed by atoms with van der Waals surface area (Å²) in [6, 6.07) is 11.9. The Kier molecular flexibility index (Phi) is 6.35. The maximum Gasteiger partial charge on any atom is 0.458 e. The average Bonchev–Trinajstić information content (AvgIpc) is 2.77. The molecular weight excluding hydrogens is 476 g/mol. The van der Waals surface area contributed by atoms with E-state index < -0.39 is 46.4 Å². The summed E-state index contributed by atoms with van der Waals surface area (Å²) in [5, 5.41) is -0.399. The van der Waals surface area contributed by atoms with Crippen LogP contribution in [0.25, 0.3) is 34.1 Å². The number of rotatable bonds is 3. The molecule has 0 aromatic heterocycles. The van der Waals surface area contributed by atoms with Gasteiger partial charge in [-0.2, -0.15) is 13.2 Å². The Balaban J connectivity index is 1.73. The van der Waals surface area contributed by atoms with E-state index in [-0.39, 0.29) is 27.5 Å². The first-order chi connectivity index (χ1) is 16.5. The largest absolute Gasteiger partial charge is 0.458 e. The van der Waals surface area contributed by atoms with Crippen molar-refractivity contribution in [3.8, 4) is 23.0 Å². The van der Waals surface area contributed by atoms with Crippen LogP contribution in [0.5, 0.6) is 0 Å². The van der Waals surface area contributed by atoms with Crippen LogP contribution in [0.4, 0.5) is 35.1 Å². The van der Waals surface area contributed by atoms with Crippen LogP contribution >= 0.6 is 0 Å². The van der Waals surface area contributed by atoms with Crippen molar-refractivity contribution in [2.75, 3.05) is 0 Å². The molecule has 4 aromatic rings. The molecule has 0 aliphatic rings. The third-order valence-electron chi connectivity index (χ3n) is 5.07. The van der Waals surface area contributed by atoms with Gasteiger partial charge in [-0.25, -0.2) is 22.0 Å². The highest BCUT2D eigenvalue weighted by atomic mass is 19.4. The molecule has 0 amide bonds. The van der Waals surface area contributed by atoms with E-state index >= 15 is 0 Å². The van der Waals surface area contributed by atoms with Crippen molar-refractivity contribution in [1.29, 1.82) is 0 Å². The van der Waals surface area contributed by atoms with Gasteiger partial charge in [-0.1, -0.05) is 48.4 Å². The molecule has 0 nitrogen and oxygen atoms in total. The number of hydrogen-bond donors (Lipinski definition) is 0. The maximum atomic E-state index is 14.8. The third-order valence-corrected chi connectivity index (χ3v) is 5.07. The zero-order valence-corrected chi connectivity index (χ0v) is 17.5. The van der Waals surface area contributed by atoms with Gasteiger partial charge in [-0.3, -0.25) is 0 Å². The highest BCUT2D eigenvalue weighted by Crippen LogP contribution is 2.32. The van der Waals surface area contributed by atoms with Crippen LogP contribution in [-0.4, -0.2) is 6.18 Å². The van der Waals surface area contributed by atoms with E-state index in [9.17, 15) is 35.1 Å². The highest BCUT2D eigenvalue weighted by Gasteiger charge is 2.24. The Morgan fingerprint density at radius 3 is 2.03 bits per heavy atom. The van der Waals surface area contributed by atoms with Gasteiger partial charge in [0.05, 0.1) is 11.1 Å². The lowest BCUT2D eigenvalue weighted by atomic mass is 9.97. The summed E-state index contributed by atoms with van der Waals surface area (Å²) in [6.07, 6.45) is -2.27. The molecule has 0 aliphatic carbocycles. The molecule has 0 heterocycles. The van der Waals surface area contributed by atoms with Gasteiger partial charge in [-0.15, -0.1) is 0 Å². The average molecular weight is 488 g/mol. The minimum Gasteiger partial charge on any atom is -0.206 e. The first kappa shape index (κ1) is 24.0. The van der Waals surface area contributed by atoms with E-state index in [1.807, 2.05) is 0 Å². The summed E-state index contributed by atoms with van der Waals surface area (Å²) >= 11 is 0. The quantitative estimate of drug-likeness (QED) is 0.155. The van der Waals surface area contributed by atoms with Gasteiger partial charge in [0.1, 0.15) is 29.1 Å². The van der Waals surface area contributed by atoms with Crippen molar-refractivity contribution in [2.45, 2.75) is 6.18 Å². The Morgan fingerprint density at radius 1 is 0.686 bits per heavy atom. The zero-order chi connectivity index (χ0) is 25.3. The van der Waals surface area contributed by atoms with Gasteiger partial charge in [0, 0.05) is 16.9 Å². The van der Waals surface area contributed by atoms with Crippen molar-refractivity contribution in [2.24, 2.45) is 0 Å². The molecule has 0 saturated carbocycles. The molecule has 0 radical (unpaired) electrons.